The molecule has 0 radical (unpaired) electrons. The molecule has 110 valence electrons. The Bertz CT molecular complexity index is 315. The minimum Gasteiger partial charge on any atom is -0.465 e. The molecule has 2 fully saturated rings. The van der Waals surface area contributed by atoms with Gasteiger partial charge in [0.15, 0.2) is 0 Å². The van der Waals surface area contributed by atoms with Crippen LogP contribution in [0.15, 0.2) is 0 Å². The second-order valence-electron chi connectivity index (χ2n) is 6.04. The molecule has 0 aromatic heterocycles. The lowest BCUT2D eigenvalue weighted by molar-refractivity contribution is -0.149. The summed E-state index contributed by atoms with van der Waals surface area (Å²) in [5, 5.41) is 0. The van der Waals surface area contributed by atoms with Crippen LogP contribution in [0.25, 0.3) is 0 Å². The van der Waals surface area contributed by atoms with E-state index in [9.17, 15) is 4.79 Å². The molecule has 2 unspecified atom stereocenters. The van der Waals surface area contributed by atoms with Crippen LogP contribution in [0.3, 0.4) is 0 Å². The van der Waals surface area contributed by atoms with Crippen molar-refractivity contribution in [1.29, 1.82) is 0 Å². The molecule has 4 nitrogen and oxygen atoms in total. The van der Waals surface area contributed by atoms with Gasteiger partial charge < -0.3 is 10.5 Å². The van der Waals surface area contributed by atoms with Gasteiger partial charge in [0, 0.05) is 12.1 Å². The third-order valence-electron chi connectivity index (χ3n) is 4.83. The summed E-state index contributed by atoms with van der Waals surface area (Å²) < 4.78 is 5.13. The number of hydrogen-bond donors (Lipinski definition) is 1. The third kappa shape index (κ3) is 3.11. The van der Waals surface area contributed by atoms with Crippen molar-refractivity contribution in [2.24, 2.45) is 5.73 Å². The van der Waals surface area contributed by atoms with E-state index in [2.05, 4.69) is 11.8 Å². The van der Waals surface area contributed by atoms with E-state index in [1.165, 1.54) is 25.7 Å². The maximum absolute atomic E-state index is 12.0. The fourth-order valence-corrected chi connectivity index (χ4v) is 3.84. The van der Waals surface area contributed by atoms with Crippen molar-refractivity contribution in [3.05, 3.63) is 0 Å². The molecule has 0 aromatic rings. The van der Waals surface area contributed by atoms with Crippen molar-refractivity contribution in [3.63, 3.8) is 0 Å². The first-order valence-corrected chi connectivity index (χ1v) is 7.82. The molecule has 4 heteroatoms. The maximum atomic E-state index is 12.0. The highest BCUT2D eigenvalue weighted by atomic mass is 16.5. The smallest absolute Gasteiger partial charge is 0.326 e. The first kappa shape index (κ1) is 14.8. The summed E-state index contributed by atoms with van der Waals surface area (Å²) in [5.41, 5.74) is 5.53. The molecule has 0 heterocycles. The lowest BCUT2D eigenvalue weighted by Gasteiger charge is -2.34. The molecule has 2 aliphatic carbocycles. The quantitative estimate of drug-likeness (QED) is 0.776. The van der Waals surface area contributed by atoms with E-state index in [1.54, 1.807) is 0 Å². The van der Waals surface area contributed by atoms with Gasteiger partial charge in [0.2, 0.25) is 0 Å². The summed E-state index contributed by atoms with van der Waals surface area (Å²) in [6.45, 7) is 5.54. The first-order chi connectivity index (χ1) is 9.10. The van der Waals surface area contributed by atoms with Gasteiger partial charge >= 0.3 is 5.97 Å². The van der Waals surface area contributed by atoms with E-state index in [1.807, 2.05) is 6.92 Å². The molecule has 0 aromatic carbocycles. The lowest BCUT2D eigenvalue weighted by Crippen LogP contribution is -2.49. The normalized spacial score (nSPS) is 32.1. The average molecular weight is 268 g/mol. The lowest BCUT2D eigenvalue weighted by atomic mass is 9.98. The molecule has 2 saturated carbocycles. The zero-order valence-electron chi connectivity index (χ0n) is 12.4. The van der Waals surface area contributed by atoms with Crippen molar-refractivity contribution < 1.29 is 9.53 Å². The Morgan fingerprint density at radius 2 is 1.95 bits per heavy atom. The van der Waals surface area contributed by atoms with E-state index in [0.717, 1.165) is 25.8 Å². The van der Waals surface area contributed by atoms with E-state index >= 15 is 0 Å². The van der Waals surface area contributed by atoms with Gasteiger partial charge in [-0.1, -0.05) is 19.8 Å². The molecule has 2 rings (SSSR count). The molecule has 0 bridgehead atoms. The Balaban J connectivity index is 1.97. The maximum Gasteiger partial charge on any atom is 0.326 e. The van der Waals surface area contributed by atoms with Crippen LogP contribution in [-0.2, 0) is 9.53 Å². The van der Waals surface area contributed by atoms with E-state index in [-0.39, 0.29) is 5.97 Å². The van der Waals surface area contributed by atoms with Crippen molar-refractivity contribution in [2.75, 3.05) is 13.2 Å². The van der Waals surface area contributed by atoms with Crippen LogP contribution in [0.2, 0.25) is 0 Å². The Morgan fingerprint density at radius 1 is 1.26 bits per heavy atom. The minimum atomic E-state index is -0.743. The summed E-state index contributed by atoms with van der Waals surface area (Å²) >= 11 is 0. The minimum absolute atomic E-state index is 0.208. The number of hydrogen-bond acceptors (Lipinski definition) is 4. The number of rotatable bonds is 5. The van der Waals surface area contributed by atoms with Gasteiger partial charge in [-0.2, -0.15) is 0 Å². The number of carbonyl (C=O) groups excluding carboxylic acids is 1. The van der Waals surface area contributed by atoms with Crippen LogP contribution < -0.4 is 5.73 Å². The summed E-state index contributed by atoms with van der Waals surface area (Å²) in [6, 6.07) is 1.17. The van der Waals surface area contributed by atoms with Gasteiger partial charge in [0.25, 0.3) is 0 Å². The third-order valence-corrected chi connectivity index (χ3v) is 4.83. The highest BCUT2D eigenvalue weighted by molar-refractivity contribution is 5.81. The number of nitrogens with zero attached hydrogens (tertiary/aromatic N) is 1. The fourth-order valence-electron chi connectivity index (χ4n) is 3.84. The van der Waals surface area contributed by atoms with Crippen molar-refractivity contribution >= 4 is 5.97 Å². The van der Waals surface area contributed by atoms with Crippen LogP contribution >= 0.6 is 0 Å². The number of carbonyl (C=O) groups is 1. The summed E-state index contributed by atoms with van der Waals surface area (Å²) in [6.07, 6.45) is 7.86. The Labute approximate surface area is 116 Å². The Kier molecular flexibility index (Phi) is 4.85. The van der Waals surface area contributed by atoms with E-state index in [4.69, 9.17) is 10.5 Å². The Morgan fingerprint density at radius 3 is 2.53 bits per heavy atom. The van der Waals surface area contributed by atoms with E-state index in [0.29, 0.717) is 18.7 Å². The zero-order chi connectivity index (χ0) is 13.9. The Hall–Kier alpha value is -0.610. The second kappa shape index (κ2) is 6.23. The first-order valence-electron chi connectivity index (χ1n) is 7.82. The highest BCUT2D eigenvalue weighted by Crippen LogP contribution is 2.36. The van der Waals surface area contributed by atoms with Crippen LogP contribution in [0.1, 0.15) is 58.8 Å². The molecule has 0 amide bonds. The van der Waals surface area contributed by atoms with Gasteiger partial charge in [-0.25, -0.2) is 0 Å². The molecule has 2 N–H and O–H groups in total. The molecule has 2 aliphatic rings. The molecular weight excluding hydrogens is 240 g/mol. The monoisotopic (exact) mass is 268 g/mol. The van der Waals surface area contributed by atoms with Gasteiger partial charge in [0.05, 0.1) is 6.61 Å². The summed E-state index contributed by atoms with van der Waals surface area (Å²) in [5.74, 6) is -0.208. The van der Waals surface area contributed by atoms with Crippen LogP contribution in [0.5, 0.6) is 0 Å². The number of ether oxygens (including phenoxy) is 1. The largest absolute Gasteiger partial charge is 0.465 e. The van der Waals surface area contributed by atoms with Crippen molar-refractivity contribution in [2.45, 2.75) is 76.4 Å². The van der Waals surface area contributed by atoms with Gasteiger partial charge in [-0.3, -0.25) is 9.69 Å². The van der Waals surface area contributed by atoms with Gasteiger partial charge in [-0.15, -0.1) is 0 Å². The molecular formula is C15H28N2O2. The average Bonchev–Trinajstić information content (AvgIpc) is 3.02. The fraction of sp³-hybridized carbons (Fsp3) is 0.933. The zero-order valence-corrected chi connectivity index (χ0v) is 12.4. The number of esters is 1. The standard InChI is InChI=1S/C15H28N2O2/c1-3-17(12-7-5-6-8-12)13-9-10-15(16,11-13)14(18)19-4-2/h12-13H,3-11,16H2,1-2H3. The molecule has 19 heavy (non-hydrogen) atoms. The predicted octanol–water partition coefficient (Wildman–Crippen LogP) is 2.06. The molecule has 0 saturated heterocycles. The highest BCUT2D eigenvalue weighted by Gasteiger charge is 2.45. The topological polar surface area (TPSA) is 55.6 Å². The van der Waals surface area contributed by atoms with Crippen LogP contribution in [-0.4, -0.2) is 41.6 Å². The van der Waals surface area contributed by atoms with Gasteiger partial charge in [0.1, 0.15) is 5.54 Å². The number of nitrogens with two attached hydrogens (primary N) is 1. The van der Waals surface area contributed by atoms with Crippen molar-refractivity contribution in [1.82, 2.24) is 4.90 Å². The predicted molar refractivity (Wildman–Crippen MR) is 75.8 cm³/mol. The van der Waals surface area contributed by atoms with E-state index < -0.39 is 5.54 Å². The van der Waals surface area contributed by atoms with Gasteiger partial charge in [-0.05, 0) is 45.6 Å². The van der Waals surface area contributed by atoms with Crippen molar-refractivity contribution in [3.8, 4) is 0 Å². The molecule has 0 aliphatic heterocycles. The second-order valence-corrected chi connectivity index (χ2v) is 6.04. The van der Waals surface area contributed by atoms with Crippen LogP contribution in [0, 0.1) is 0 Å². The SMILES string of the molecule is CCOC(=O)C1(N)CCC(N(CC)C2CCCC2)C1. The molecule has 0 spiro atoms. The summed E-state index contributed by atoms with van der Waals surface area (Å²) in [4.78, 5) is 14.6. The summed E-state index contributed by atoms with van der Waals surface area (Å²) in [7, 11) is 0. The molecule has 2 atom stereocenters. The van der Waals surface area contributed by atoms with Crippen LogP contribution in [0.4, 0.5) is 0 Å².